The standard InChI is InChI=1S/C23H27NO3/c1-22(2,3)27-21(25)24-18-14-20(26-16-17-10-6-5-7-11-17)19-12-8-9-13-23(19,4)15-18/h5-12,14-15H,13,16H2,1-4H3,(H,24,25). The highest BCUT2D eigenvalue weighted by Crippen LogP contribution is 2.44. The molecule has 0 bridgehead atoms. The fourth-order valence-corrected chi connectivity index (χ4v) is 3.23. The van der Waals surface area contributed by atoms with Crippen LogP contribution in [0.25, 0.3) is 0 Å². The average Bonchev–Trinajstić information content (AvgIpc) is 2.58. The highest BCUT2D eigenvalue weighted by Gasteiger charge is 2.34. The zero-order valence-electron chi connectivity index (χ0n) is 16.4. The van der Waals surface area contributed by atoms with Gasteiger partial charge >= 0.3 is 6.09 Å². The Morgan fingerprint density at radius 3 is 2.67 bits per heavy atom. The van der Waals surface area contributed by atoms with Crippen molar-refractivity contribution in [1.82, 2.24) is 5.32 Å². The van der Waals surface area contributed by atoms with Gasteiger partial charge in [-0.05, 0) is 38.8 Å². The van der Waals surface area contributed by atoms with Gasteiger partial charge < -0.3 is 9.47 Å². The van der Waals surface area contributed by atoms with Gasteiger partial charge in [-0.3, -0.25) is 5.32 Å². The van der Waals surface area contributed by atoms with Crippen LogP contribution in [0.1, 0.15) is 39.7 Å². The molecule has 0 radical (unpaired) electrons. The summed E-state index contributed by atoms with van der Waals surface area (Å²) in [5.74, 6) is 0.777. The van der Waals surface area contributed by atoms with Gasteiger partial charge in [0.2, 0.25) is 0 Å². The van der Waals surface area contributed by atoms with Gasteiger partial charge in [-0.2, -0.15) is 0 Å². The third-order valence-electron chi connectivity index (χ3n) is 4.46. The minimum absolute atomic E-state index is 0.222. The molecule has 0 saturated heterocycles. The van der Waals surface area contributed by atoms with Crippen LogP contribution >= 0.6 is 0 Å². The van der Waals surface area contributed by atoms with Crippen LogP contribution in [0.5, 0.6) is 0 Å². The molecular weight excluding hydrogens is 338 g/mol. The van der Waals surface area contributed by atoms with Crippen LogP contribution in [-0.4, -0.2) is 11.7 Å². The van der Waals surface area contributed by atoms with Gasteiger partial charge in [0, 0.05) is 22.8 Å². The Labute approximate surface area is 161 Å². The number of hydrogen-bond donors (Lipinski definition) is 1. The number of ether oxygens (including phenoxy) is 2. The fourth-order valence-electron chi connectivity index (χ4n) is 3.23. The second-order valence-corrected chi connectivity index (χ2v) is 8.14. The highest BCUT2D eigenvalue weighted by molar-refractivity contribution is 5.71. The molecule has 1 aromatic rings. The van der Waals surface area contributed by atoms with Crippen LogP contribution in [0.3, 0.4) is 0 Å². The Balaban J connectivity index is 1.81. The Hall–Kier alpha value is -2.75. The molecule has 0 heterocycles. The van der Waals surface area contributed by atoms with Crippen molar-refractivity contribution in [2.75, 3.05) is 0 Å². The number of benzene rings is 1. The normalized spacial score (nSPS) is 21.4. The quantitative estimate of drug-likeness (QED) is 0.777. The lowest BCUT2D eigenvalue weighted by Gasteiger charge is -2.35. The molecule has 3 rings (SSSR count). The first kappa shape index (κ1) is 19.0. The summed E-state index contributed by atoms with van der Waals surface area (Å²) >= 11 is 0. The lowest BCUT2D eigenvalue weighted by molar-refractivity contribution is 0.0546. The van der Waals surface area contributed by atoms with E-state index in [4.69, 9.17) is 9.47 Å². The summed E-state index contributed by atoms with van der Waals surface area (Å²) in [4.78, 5) is 12.2. The van der Waals surface area contributed by atoms with Gasteiger partial charge in [-0.25, -0.2) is 4.79 Å². The van der Waals surface area contributed by atoms with E-state index in [1.807, 2.05) is 57.2 Å². The maximum Gasteiger partial charge on any atom is 0.412 e. The summed E-state index contributed by atoms with van der Waals surface area (Å²) < 4.78 is 11.5. The van der Waals surface area contributed by atoms with E-state index in [-0.39, 0.29) is 5.41 Å². The van der Waals surface area contributed by atoms with Crippen LogP contribution in [0.2, 0.25) is 0 Å². The minimum Gasteiger partial charge on any atom is -0.489 e. The van der Waals surface area contributed by atoms with Crippen molar-refractivity contribution >= 4 is 6.09 Å². The predicted octanol–water partition coefficient (Wildman–Crippen LogP) is 5.40. The summed E-state index contributed by atoms with van der Waals surface area (Å²) in [6.07, 6.45) is 10.6. The monoisotopic (exact) mass is 365 g/mol. The number of rotatable bonds is 4. The van der Waals surface area contributed by atoms with Gasteiger partial charge in [0.25, 0.3) is 0 Å². The topological polar surface area (TPSA) is 47.6 Å². The molecule has 2 aliphatic rings. The minimum atomic E-state index is -0.543. The van der Waals surface area contributed by atoms with Crippen molar-refractivity contribution < 1.29 is 14.3 Å². The largest absolute Gasteiger partial charge is 0.489 e. The highest BCUT2D eigenvalue weighted by atomic mass is 16.6. The Morgan fingerprint density at radius 1 is 1.22 bits per heavy atom. The van der Waals surface area contributed by atoms with Gasteiger partial charge in [-0.15, -0.1) is 0 Å². The van der Waals surface area contributed by atoms with Gasteiger partial charge in [0.1, 0.15) is 18.0 Å². The number of carbonyl (C=O) groups excluding carboxylic acids is 1. The molecule has 27 heavy (non-hydrogen) atoms. The number of alkyl carbamates (subject to hydrolysis) is 1. The Bertz CT molecular complexity index is 825. The van der Waals surface area contributed by atoms with E-state index < -0.39 is 11.7 Å². The summed E-state index contributed by atoms with van der Waals surface area (Å²) in [6.45, 7) is 8.17. The molecule has 0 spiro atoms. The molecule has 1 aromatic carbocycles. The molecule has 0 fully saturated rings. The lowest BCUT2D eigenvalue weighted by atomic mass is 9.72. The second kappa shape index (κ2) is 7.47. The number of hydrogen-bond acceptors (Lipinski definition) is 3. The smallest absolute Gasteiger partial charge is 0.412 e. The molecule has 142 valence electrons. The Kier molecular flexibility index (Phi) is 5.26. The van der Waals surface area contributed by atoms with Crippen LogP contribution in [0, 0.1) is 5.41 Å². The van der Waals surface area contributed by atoms with E-state index >= 15 is 0 Å². The van der Waals surface area contributed by atoms with Crippen LogP contribution in [0.4, 0.5) is 4.79 Å². The SMILES string of the molecule is CC(C)(C)OC(=O)NC1=CC2(C)CC=CC=C2C(OCc2ccccc2)=C1. The third kappa shape index (κ3) is 4.91. The van der Waals surface area contributed by atoms with E-state index in [1.165, 1.54) is 0 Å². The molecule has 4 heteroatoms. The molecule has 1 unspecified atom stereocenters. The summed E-state index contributed by atoms with van der Waals surface area (Å²) in [5.41, 5.74) is 2.15. The van der Waals surface area contributed by atoms with E-state index in [1.54, 1.807) is 0 Å². The predicted molar refractivity (Wildman–Crippen MR) is 107 cm³/mol. The number of fused-ring (bicyclic) bond motifs is 1. The van der Waals surface area contributed by atoms with Crippen molar-refractivity contribution in [3.05, 3.63) is 83.3 Å². The second-order valence-electron chi connectivity index (χ2n) is 8.14. The molecule has 0 aromatic heterocycles. The van der Waals surface area contributed by atoms with Crippen molar-refractivity contribution in [3.8, 4) is 0 Å². The number of amides is 1. The van der Waals surface area contributed by atoms with Gasteiger partial charge in [0.15, 0.2) is 0 Å². The van der Waals surface area contributed by atoms with Crippen LogP contribution in [-0.2, 0) is 16.1 Å². The van der Waals surface area contributed by atoms with Crippen molar-refractivity contribution in [2.24, 2.45) is 5.41 Å². The fraction of sp³-hybridized carbons (Fsp3) is 0.348. The molecule has 0 saturated carbocycles. The van der Waals surface area contributed by atoms with Crippen molar-refractivity contribution in [1.29, 1.82) is 0 Å². The lowest BCUT2D eigenvalue weighted by Crippen LogP contribution is -2.34. The maximum absolute atomic E-state index is 12.2. The van der Waals surface area contributed by atoms with E-state index in [0.29, 0.717) is 12.3 Å². The van der Waals surface area contributed by atoms with Crippen LogP contribution in [0.15, 0.2) is 77.7 Å². The molecule has 0 aliphatic heterocycles. The zero-order valence-corrected chi connectivity index (χ0v) is 16.4. The number of nitrogens with one attached hydrogen (secondary N) is 1. The number of allylic oxidation sites excluding steroid dienone is 6. The third-order valence-corrected chi connectivity index (χ3v) is 4.46. The first-order valence-corrected chi connectivity index (χ1v) is 9.24. The first-order chi connectivity index (χ1) is 12.8. The molecule has 1 N–H and O–H groups in total. The molecular formula is C23H27NO3. The summed E-state index contributed by atoms with van der Waals surface area (Å²) in [5, 5.41) is 2.85. The summed E-state index contributed by atoms with van der Waals surface area (Å²) in [6, 6.07) is 10.0. The van der Waals surface area contributed by atoms with E-state index in [2.05, 4.69) is 36.5 Å². The molecule has 1 atom stereocenters. The number of carbonyl (C=O) groups is 1. The average molecular weight is 365 g/mol. The van der Waals surface area contributed by atoms with Gasteiger partial charge in [-0.1, -0.05) is 55.5 Å². The van der Waals surface area contributed by atoms with Crippen LogP contribution < -0.4 is 5.32 Å². The van der Waals surface area contributed by atoms with Crippen molar-refractivity contribution in [3.63, 3.8) is 0 Å². The zero-order chi connectivity index (χ0) is 19.5. The summed E-state index contributed by atoms with van der Waals surface area (Å²) in [7, 11) is 0. The molecule has 4 nitrogen and oxygen atoms in total. The first-order valence-electron chi connectivity index (χ1n) is 9.24. The molecule has 1 amide bonds. The molecule has 2 aliphatic carbocycles. The maximum atomic E-state index is 12.2. The van der Waals surface area contributed by atoms with E-state index in [9.17, 15) is 4.79 Å². The van der Waals surface area contributed by atoms with Crippen molar-refractivity contribution in [2.45, 2.75) is 46.3 Å². The Morgan fingerprint density at radius 2 is 1.96 bits per heavy atom. The van der Waals surface area contributed by atoms with Gasteiger partial charge in [0.05, 0.1) is 0 Å². The van der Waals surface area contributed by atoms with E-state index in [0.717, 1.165) is 23.3 Å².